The van der Waals surface area contributed by atoms with Gasteiger partial charge in [-0.15, -0.1) is 0 Å². The zero-order chi connectivity index (χ0) is 35.1. The maximum atomic E-state index is 14.2. The summed E-state index contributed by atoms with van der Waals surface area (Å²) in [5.74, 6) is -0.0603. The number of carbonyl (C=O) groups is 2. The summed E-state index contributed by atoms with van der Waals surface area (Å²) >= 11 is 0. The largest absolute Gasteiger partial charge is 0.371 e. The van der Waals surface area contributed by atoms with E-state index in [1.807, 2.05) is 0 Å². The molecule has 2 aliphatic carbocycles. The van der Waals surface area contributed by atoms with Crippen molar-refractivity contribution in [2.45, 2.75) is 135 Å². The molecule has 3 unspecified atom stereocenters. The SMILES string of the molecule is Cc1c(C(=O)NCC2C(=O)NC(C)C3(CCCCCCCCCC3)C2C)cc(-c2ccc(CN(C)C)cc2)cc1N(C)[C@H]1CC[C@@H](N)CC1. The third-order valence-corrected chi connectivity index (χ3v) is 12.7. The fourth-order valence-electron chi connectivity index (χ4n) is 9.36. The predicted molar refractivity (Wildman–Crippen MR) is 204 cm³/mol. The first kappa shape index (κ1) is 37.4. The van der Waals surface area contributed by atoms with E-state index in [2.05, 4.69) is 98.7 Å². The number of amides is 2. The molecule has 3 atom stereocenters. The smallest absolute Gasteiger partial charge is 0.251 e. The lowest BCUT2D eigenvalue weighted by Gasteiger charge is -2.51. The Morgan fingerprint density at radius 3 is 2.06 bits per heavy atom. The van der Waals surface area contributed by atoms with Crippen molar-refractivity contribution in [3.63, 3.8) is 0 Å². The highest BCUT2D eigenvalue weighted by atomic mass is 16.2. The number of hydrogen-bond donors (Lipinski definition) is 3. The van der Waals surface area contributed by atoms with Gasteiger partial charge in [0.05, 0.1) is 5.92 Å². The summed E-state index contributed by atoms with van der Waals surface area (Å²) in [5, 5.41) is 6.68. The Balaban J connectivity index is 1.41. The Kier molecular flexibility index (Phi) is 12.9. The Morgan fingerprint density at radius 1 is 0.878 bits per heavy atom. The van der Waals surface area contributed by atoms with E-state index in [0.717, 1.165) is 67.4 Å². The lowest BCUT2D eigenvalue weighted by Crippen LogP contribution is -2.61. The maximum absolute atomic E-state index is 14.2. The van der Waals surface area contributed by atoms with E-state index in [0.29, 0.717) is 18.2 Å². The second kappa shape index (κ2) is 16.9. The fourth-order valence-corrected chi connectivity index (χ4v) is 9.36. The second-order valence-corrected chi connectivity index (χ2v) is 16.2. The minimum Gasteiger partial charge on any atom is -0.371 e. The minimum atomic E-state index is -0.244. The first-order valence-corrected chi connectivity index (χ1v) is 19.5. The maximum Gasteiger partial charge on any atom is 0.251 e. The fraction of sp³-hybridized carbons (Fsp3) is 0.667. The summed E-state index contributed by atoms with van der Waals surface area (Å²) in [7, 11) is 6.34. The molecule has 5 rings (SSSR count). The predicted octanol–water partition coefficient (Wildman–Crippen LogP) is 7.83. The summed E-state index contributed by atoms with van der Waals surface area (Å²) in [6, 6.07) is 13.8. The average Bonchev–Trinajstić information content (AvgIpc) is 3.13. The third-order valence-electron chi connectivity index (χ3n) is 12.7. The van der Waals surface area contributed by atoms with Gasteiger partial charge in [-0.25, -0.2) is 0 Å². The zero-order valence-corrected chi connectivity index (χ0v) is 31.5. The number of carbonyl (C=O) groups excluding carboxylic acids is 2. The number of nitrogens with one attached hydrogen (secondary N) is 2. The average molecular weight is 672 g/mol. The highest BCUT2D eigenvalue weighted by molar-refractivity contribution is 5.99. The van der Waals surface area contributed by atoms with Gasteiger partial charge < -0.3 is 26.2 Å². The molecule has 1 aliphatic heterocycles. The van der Waals surface area contributed by atoms with Gasteiger partial charge in [0.2, 0.25) is 5.91 Å². The molecule has 7 nitrogen and oxygen atoms in total. The first-order valence-electron chi connectivity index (χ1n) is 19.5. The topological polar surface area (TPSA) is 90.7 Å². The molecule has 2 aromatic carbocycles. The molecular weight excluding hydrogens is 606 g/mol. The van der Waals surface area contributed by atoms with Crippen LogP contribution in [0.2, 0.25) is 0 Å². The summed E-state index contributed by atoms with van der Waals surface area (Å²) in [5.41, 5.74) is 12.5. The van der Waals surface area contributed by atoms with Crippen LogP contribution in [0.25, 0.3) is 11.1 Å². The lowest BCUT2D eigenvalue weighted by atomic mass is 9.59. The van der Waals surface area contributed by atoms with Crippen LogP contribution in [0, 0.1) is 24.2 Å². The summed E-state index contributed by atoms with van der Waals surface area (Å²) in [6.45, 7) is 7.83. The van der Waals surface area contributed by atoms with E-state index in [-0.39, 0.29) is 41.1 Å². The molecule has 1 spiro atoms. The molecule has 0 aromatic heterocycles. The molecule has 49 heavy (non-hydrogen) atoms. The van der Waals surface area contributed by atoms with Gasteiger partial charge in [-0.3, -0.25) is 9.59 Å². The van der Waals surface area contributed by atoms with Crippen molar-refractivity contribution in [3.8, 4) is 11.1 Å². The van der Waals surface area contributed by atoms with Gasteiger partial charge >= 0.3 is 0 Å². The Labute approximate surface area is 297 Å². The van der Waals surface area contributed by atoms with Crippen LogP contribution in [0.15, 0.2) is 36.4 Å². The van der Waals surface area contributed by atoms with Crippen LogP contribution in [0.1, 0.15) is 125 Å². The summed E-state index contributed by atoms with van der Waals surface area (Å²) < 4.78 is 0. The van der Waals surface area contributed by atoms with Crippen molar-refractivity contribution in [2.75, 3.05) is 32.6 Å². The molecular formula is C42H65N5O2. The third kappa shape index (κ3) is 8.89. The number of hydrogen-bond acceptors (Lipinski definition) is 5. The van der Waals surface area contributed by atoms with E-state index in [1.54, 1.807) is 0 Å². The van der Waals surface area contributed by atoms with Gasteiger partial charge in [0, 0.05) is 49.5 Å². The standard InChI is InChI=1S/C42H65N5O2/c1-29-37(40(48)44-27-38-30(2)42(31(3)45-41(38)49)23-13-11-9-7-8-10-12-14-24-42)25-34(33-17-15-32(16-18-33)28-46(4)5)26-39(29)47(6)36-21-19-35(43)20-22-36/h15-18,25-26,30-31,35-36,38H,7-14,19-24,27-28,43H2,1-6H3,(H,44,48)(H,45,49)/t30?,31?,35-,36+,38?. The highest BCUT2D eigenvalue weighted by Crippen LogP contribution is 2.48. The van der Waals surface area contributed by atoms with Crippen molar-refractivity contribution in [3.05, 3.63) is 53.1 Å². The van der Waals surface area contributed by atoms with Crippen LogP contribution < -0.4 is 21.3 Å². The summed E-state index contributed by atoms with van der Waals surface area (Å²) in [6.07, 6.45) is 16.8. The van der Waals surface area contributed by atoms with Crippen molar-refractivity contribution >= 4 is 17.5 Å². The normalized spacial score (nSPS) is 26.5. The van der Waals surface area contributed by atoms with Crippen LogP contribution in [0.5, 0.6) is 0 Å². The molecule has 270 valence electrons. The molecule has 2 saturated carbocycles. The van der Waals surface area contributed by atoms with E-state index in [1.165, 1.54) is 56.9 Å². The van der Waals surface area contributed by atoms with Crippen LogP contribution in [0.4, 0.5) is 5.69 Å². The number of piperidine rings is 1. The number of anilines is 1. The first-order chi connectivity index (χ1) is 23.5. The Hall–Kier alpha value is -2.90. The zero-order valence-electron chi connectivity index (χ0n) is 31.5. The van der Waals surface area contributed by atoms with Crippen molar-refractivity contribution in [1.29, 1.82) is 0 Å². The highest BCUT2D eigenvalue weighted by Gasteiger charge is 2.50. The quantitative estimate of drug-likeness (QED) is 0.266. The van der Waals surface area contributed by atoms with Gasteiger partial charge in [0.25, 0.3) is 5.91 Å². The number of rotatable bonds is 8. The van der Waals surface area contributed by atoms with E-state index < -0.39 is 0 Å². The number of benzene rings is 2. The van der Waals surface area contributed by atoms with Gasteiger partial charge in [-0.1, -0.05) is 82.6 Å². The molecule has 3 fully saturated rings. The van der Waals surface area contributed by atoms with Crippen molar-refractivity contribution in [2.24, 2.45) is 23.0 Å². The summed E-state index contributed by atoms with van der Waals surface area (Å²) in [4.78, 5) is 32.4. The number of nitrogens with zero attached hydrogens (tertiary/aromatic N) is 2. The van der Waals surface area contributed by atoms with Gasteiger partial charge in [0.1, 0.15) is 0 Å². The molecule has 0 radical (unpaired) electrons. The number of nitrogens with two attached hydrogens (primary N) is 1. The van der Waals surface area contributed by atoms with Gasteiger partial charge in [0.15, 0.2) is 0 Å². The monoisotopic (exact) mass is 672 g/mol. The van der Waals surface area contributed by atoms with Crippen molar-refractivity contribution in [1.82, 2.24) is 15.5 Å². The van der Waals surface area contributed by atoms with Gasteiger partial charge in [-0.2, -0.15) is 0 Å². The van der Waals surface area contributed by atoms with E-state index >= 15 is 0 Å². The van der Waals surface area contributed by atoms with Gasteiger partial charge in [-0.05, 0) is 112 Å². The van der Waals surface area contributed by atoms with Crippen LogP contribution in [-0.4, -0.2) is 62.5 Å². The molecule has 1 saturated heterocycles. The molecule has 4 N–H and O–H groups in total. The lowest BCUT2D eigenvalue weighted by molar-refractivity contribution is -0.137. The molecule has 2 amide bonds. The van der Waals surface area contributed by atoms with E-state index in [9.17, 15) is 9.59 Å². The van der Waals surface area contributed by atoms with Crippen molar-refractivity contribution < 1.29 is 9.59 Å². The Bertz CT molecular complexity index is 1380. The molecule has 3 aliphatic rings. The molecule has 1 heterocycles. The Morgan fingerprint density at radius 2 is 1.47 bits per heavy atom. The second-order valence-electron chi connectivity index (χ2n) is 16.2. The van der Waals surface area contributed by atoms with E-state index in [4.69, 9.17) is 5.73 Å². The molecule has 7 heteroatoms. The van der Waals surface area contributed by atoms with Crippen LogP contribution in [-0.2, 0) is 11.3 Å². The minimum absolute atomic E-state index is 0.0701. The van der Waals surface area contributed by atoms with Crippen LogP contribution in [0.3, 0.4) is 0 Å². The molecule has 0 bridgehead atoms. The van der Waals surface area contributed by atoms with Crippen LogP contribution >= 0.6 is 0 Å². The molecule has 2 aromatic rings.